The zero-order chi connectivity index (χ0) is 27.4. The summed E-state index contributed by atoms with van der Waals surface area (Å²) >= 11 is 0. The molecule has 1 atom stereocenters. The predicted octanol–water partition coefficient (Wildman–Crippen LogP) is 4.09. The molecule has 3 aliphatic rings. The summed E-state index contributed by atoms with van der Waals surface area (Å²) < 4.78 is 40.9. The zero-order valence-electron chi connectivity index (χ0n) is 20.6. The monoisotopic (exact) mass is 526 g/mol. The Morgan fingerprint density at radius 3 is 2.46 bits per heavy atom. The van der Waals surface area contributed by atoms with Crippen LogP contribution in [0.15, 0.2) is 54.5 Å². The second kappa shape index (κ2) is 9.10. The summed E-state index contributed by atoms with van der Waals surface area (Å²) in [5.41, 5.74) is 7.32. The minimum atomic E-state index is -2.75. The number of alkyl halides is 2. The lowest BCUT2D eigenvalue weighted by Gasteiger charge is -2.36. The van der Waals surface area contributed by atoms with Crippen molar-refractivity contribution in [1.82, 2.24) is 21.0 Å². The van der Waals surface area contributed by atoms with E-state index in [1.165, 1.54) is 18.3 Å². The summed E-state index contributed by atoms with van der Waals surface area (Å²) in [6.45, 7) is 0. The quantitative estimate of drug-likeness (QED) is 0.341. The molecule has 6 rings (SSSR count). The second-order valence-corrected chi connectivity index (χ2v) is 10.2. The van der Waals surface area contributed by atoms with E-state index in [0.29, 0.717) is 39.6 Å². The van der Waals surface area contributed by atoms with E-state index in [-0.39, 0.29) is 24.0 Å². The molecule has 2 radical (unpaired) electrons. The number of nitrogens with zero attached hydrogens (tertiary/aromatic N) is 4. The largest absolute Gasteiger partial charge is 0.380 e. The molecule has 0 amide bonds. The molecular formula is C27H22BF3N8. The number of pyridine rings is 1. The first-order valence-electron chi connectivity index (χ1n) is 12.5. The molecule has 2 aromatic carbocycles. The Hall–Kier alpha value is -4.42. The van der Waals surface area contributed by atoms with Crippen molar-refractivity contribution in [2.75, 3.05) is 10.6 Å². The van der Waals surface area contributed by atoms with Crippen molar-refractivity contribution in [3.8, 4) is 12.1 Å². The van der Waals surface area contributed by atoms with Gasteiger partial charge in [-0.1, -0.05) is 12.1 Å². The van der Waals surface area contributed by atoms with E-state index in [2.05, 4.69) is 38.7 Å². The molecule has 0 bridgehead atoms. The van der Waals surface area contributed by atoms with E-state index in [4.69, 9.17) is 7.85 Å². The van der Waals surface area contributed by atoms with Crippen molar-refractivity contribution in [1.29, 1.82) is 10.5 Å². The third kappa shape index (κ3) is 4.57. The molecule has 1 unspecified atom stereocenters. The Labute approximate surface area is 223 Å². The first kappa shape index (κ1) is 24.9. The number of aromatic nitrogens is 1. The van der Waals surface area contributed by atoms with Gasteiger partial charge in [0.15, 0.2) is 0 Å². The van der Waals surface area contributed by atoms with E-state index < -0.39 is 23.2 Å². The highest BCUT2D eigenvalue weighted by Crippen LogP contribution is 2.42. The van der Waals surface area contributed by atoms with Gasteiger partial charge in [-0.3, -0.25) is 9.99 Å². The highest BCUT2D eigenvalue weighted by atomic mass is 19.3. The van der Waals surface area contributed by atoms with Gasteiger partial charge in [-0.05, 0) is 42.7 Å². The van der Waals surface area contributed by atoms with Gasteiger partial charge >= 0.3 is 0 Å². The number of hydrazine groups is 2. The fraction of sp³-hybridized carbons (Fsp3) is 0.296. The molecule has 39 heavy (non-hydrogen) atoms. The number of rotatable bonds is 7. The molecule has 2 heterocycles. The van der Waals surface area contributed by atoms with Gasteiger partial charge in [0.05, 0.1) is 33.5 Å². The van der Waals surface area contributed by atoms with Crippen LogP contribution in [0.3, 0.4) is 0 Å². The Morgan fingerprint density at radius 2 is 1.82 bits per heavy atom. The molecule has 1 aliphatic heterocycles. The standard InChI is InChI=1S/C27H22BF3N8/c28-27(17-1-3-18(29)4-2-17,23-14-39(38-37-23)21-5-6-21)36-19-7-15(11-32)24-22(8-19)25(16(12-33)13-34-24)35-20-9-26(30,31)10-20/h1-4,7-8,13-14,20-21,36-38H,5-6,9-10H2,(H,34,35). The SMILES string of the molecule is [B]C(Nc1cc(C#N)c2ncc(C#N)c(NC3CC(F)(F)C3)c2c1)(C1=CN(C2CC2)NN1)c1ccc(F)cc1. The van der Waals surface area contributed by atoms with E-state index in [0.717, 1.165) is 12.8 Å². The Balaban J connectivity index is 1.44. The molecule has 0 spiro atoms. The topological polar surface area (TPSA) is 112 Å². The van der Waals surface area contributed by atoms with Crippen LogP contribution < -0.4 is 21.6 Å². The molecule has 4 N–H and O–H groups in total. The van der Waals surface area contributed by atoms with Crippen molar-refractivity contribution in [3.05, 3.63) is 77.0 Å². The average molecular weight is 526 g/mol. The number of hydrogen-bond donors (Lipinski definition) is 4. The number of halogens is 3. The molecule has 2 fully saturated rings. The smallest absolute Gasteiger partial charge is 0.252 e. The van der Waals surface area contributed by atoms with Gasteiger partial charge in [0.2, 0.25) is 0 Å². The van der Waals surface area contributed by atoms with Gasteiger partial charge in [-0.2, -0.15) is 10.5 Å². The lowest BCUT2D eigenvalue weighted by molar-refractivity contribution is -0.0793. The average Bonchev–Trinajstić information content (AvgIpc) is 3.63. The molecule has 2 saturated carbocycles. The van der Waals surface area contributed by atoms with E-state index in [1.807, 2.05) is 11.2 Å². The number of benzene rings is 2. The van der Waals surface area contributed by atoms with Gasteiger partial charge in [0.1, 0.15) is 25.8 Å². The van der Waals surface area contributed by atoms with Crippen LogP contribution in [0.4, 0.5) is 24.5 Å². The van der Waals surface area contributed by atoms with Gasteiger partial charge in [0.25, 0.3) is 5.92 Å². The molecule has 0 saturated heterocycles. The minimum Gasteiger partial charge on any atom is -0.380 e. The van der Waals surface area contributed by atoms with Crippen LogP contribution in [0.25, 0.3) is 10.9 Å². The highest BCUT2D eigenvalue weighted by Gasteiger charge is 2.45. The van der Waals surface area contributed by atoms with E-state index in [9.17, 15) is 23.7 Å². The number of anilines is 2. The van der Waals surface area contributed by atoms with Crippen molar-refractivity contribution < 1.29 is 13.2 Å². The first-order chi connectivity index (χ1) is 18.7. The summed E-state index contributed by atoms with van der Waals surface area (Å²) in [5.74, 6) is -3.17. The molecule has 2 aliphatic carbocycles. The fourth-order valence-electron chi connectivity index (χ4n) is 4.98. The van der Waals surface area contributed by atoms with Gasteiger partial charge in [-0.25, -0.2) is 13.2 Å². The molecule has 12 heteroatoms. The van der Waals surface area contributed by atoms with Crippen LogP contribution in [0, 0.1) is 28.5 Å². The molecule has 8 nitrogen and oxygen atoms in total. The summed E-state index contributed by atoms with van der Waals surface area (Å²) in [6, 6.07) is 13.0. The Kier molecular flexibility index (Phi) is 5.81. The lowest BCUT2D eigenvalue weighted by Crippen LogP contribution is -2.45. The minimum absolute atomic E-state index is 0.167. The van der Waals surface area contributed by atoms with Crippen LogP contribution in [-0.2, 0) is 5.44 Å². The van der Waals surface area contributed by atoms with E-state index in [1.54, 1.807) is 24.3 Å². The van der Waals surface area contributed by atoms with Crippen molar-refractivity contribution in [2.45, 2.75) is 49.1 Å². The van der Waals surface area contributed by atoms with Gasteiger partial charge in [0, 0.05) is 48.4 Å². The third-order valence-electron chi connectivity index (χ3n) is 7.24. The zero-order valence-corrected chi connectivity index (χ0v) is 20.6. The van der Waals surface area contributed by atoms with Crippen molar-refractivity contribution >= 4 is 30.1 Å². The predicted molar refractivity (Wildman–Crippen MR) is 139 cm³/mol. The number of nitriles is 2. The van der Waals surface area contributed by atoms with Crippen LogP contribution in [-0.4, -0.2) is 35.8 Å². The van der Waals surface area contributed by atoms with Crippen LogP contribution in [0.2, 0.25) is 0 Å². The van der Waals surface area contributed by atoms with Crippen LogP contribution >= 0.6 is 0 Å². The maximum atomic E-state index is 13.8. The Bertz CT molecular complexity index is 1570. The first-order valence-corrected chi connectivity index (χ1v) is 12.5. The number of nitrogens with one attached hydrogen (secondary N) is 4. The number of fused-ring (bicyclic) bond motifs is 1. The molecule has 194 valence electrons. The molecular weight excluding hydrogens is 504 g/mol. The molecule has 1 aromatic heterocycles. The summed E-state index contributed by atoms with van der Waals surface area (Å²) in [7, 11) is 6.98. The van der Waals surface area contributed by atoms with Crippen molar-refractivity contribution in [2.24, 2.45) is 0 Å². The maximum absolute atomic E-state index is 13.8. The van der Waals surface area contributed by atoms with Crippen molar-refractivity contribution in [3.63, 3.8) is 0 Å². The number of hydrogen-bond acceptors (Lipinski definition) is 8. The lowest BCUT2D eigenvalue weighted by atomic mass is 9.69. The van der Waals surface area contributed by atoms with Gasteiger partial charge in [-0.15, -0.1) is 5.53 Å². The molecule has 3 aromatic rings. The Morgan fingerprint density at radius 1 is 1.10 bits per heavy atom. The third-order valence-corrected chi connectivity index (χ3v) is 7.24. The second-order valence-electron chi connectivity index (χ2n) is 10.2. The normalized spacial score (nSPS) is 19.7. The van der Waals surface area contributed by atoms with Crippen LogP contribution in [0.1, 0.15) is 42.4 Å². The summed E-state index contributed by atoms with van der Waals surface area (Å²) in [5, 5.41) is 28.3. The summed E-state index contributed by atoms with van der Waals surface area (Å²) in [6.07, 6.45) is 4.53. The summed E-state index contributed by atoms with van der Waals surface area (Å²) in [4.78, 5) is 4.31. The fourth-order valence-corrected chi connectivity index (χ4v) is 4.98. The van der Waals surface area contributed by atoms with Gasteiger partial charge < -0.3 is 16.1 Å². The maximum Gasteiger partial charge on any atom is 0.252 e. The highest BCUT2D eigenvalue weighted by molar-refractivity contribution is 6.19. The van der Waals surface area contributed by atoms with Crippen LogP contribution in [0.5, 0.6) is 0 Å². The van der Waals surface area contributed by atoms with E-state index >= 15 is 0 Å².